The topological polar surface area (TPSA) is 49.6 Å². The van der Waals surface area contributed by atoms with E-state index in [0.29, 0.717) is 12.3 Å². The summed E-state index contributed by atoms with van der Waals surface area (Å²) in [5, 5.41) is 0. The molecule has 0 bridgehead atoms. The molecule has 0 radical (unpaired) electrons. The van der Waals surface area contributed by atoms with Crippen molar-refractivity contribution in [3.05, 3.63) is 59.7 Å². The number of primary amides is 1. The van der Waals surface area contributed by atoms with Gasteiger partial charge in [-0.25, -0.2) is 0 Å². The molecule has 1 atom stereocenters. The molecule has 2 aromatic carbocycles. The maximum Gasteiger partial charge on any atom is 0.217 e. The highest BCUT2D eigenvalue weighted by Crippen LogP contribution is 2.35. The average molecular weight is 378 g/mol. The second-order valence-electron chi connectivity index (χ2n) is 8.24. The molecule has 0 spiro atoms. The second-order valence-corrected chi connectivity index (χ2v) is 8.24. The van der Waals surface area contributed by atoms with Gasteiger partial charge in [0.15, 0.2) is 0 Å². The largest absolute Gasteiger partial charge is 0.370 e. The maximum atomic E-state index is 11.3. The smallest absolute Gasteiger partial charge is 0.217 e. The van der Waals surface area contributed by atoms with Gasteiger partial charge in [0.2, 0.25) is 5.91 Å². The highest BCUT2D eigenvalue weighted by atomic mass is 16.1. The number of fused-ring (bicyclic) bond motifs is 2. The van der Waals surface area contributed by atoms with E-state index >= 15 is 0 Å². The van der Waals surface area contributed by atoms with Crippen LogP contribution in [0.1, 0.15) is 36.8 Å². The molecule has 148 valence electrons. The summed E-state index contributed by atoms with van der Waals surface area (Å²) >= 11 is 0. The minimum atomic E-state index is -0.162. The summed E-state index contributed by atoms with van der Waals surface area (Å²) in [4.78, 5) is 16.3. The van der Waals surface area contributed by atoms with Gasteiger partial charge in [-0.15, -0.1) is 0 Å². The Balaban J connectivity index is 1.44. The van der Waals surface area contributed by atoms with E-state index in [4.69, 9.17) is 5.73 Å². The van der Waals surface area contributed by atoms with E-state index in [1.807, 2.05) is 0 Å². The SMILES string of the molecule is NC(=O)CC1CCCN(CCCN2c3ccccc3CCc3ccccc32)C1. The van der Waals surface area contributed by atoms with Crippen LogP contribution in [0.2, 0.25) is 0 Å². The number of amides is 1. The fraction of sp³-hybridized carbons (Fsp3) is 0.458. The van der Waals surface area contributed by atoms with Crippen LogP contribution in [0.4, 0.5) is 11.4 Å². The standard InChI is InChI=1S/C24H31N3O/c25-24(28)17-19-7-5-14-26(18-19)15-6-16-27-22-10-3-1-8-20(22)12-13-21-9-2-4-11-23(21)27/h1-4,8-11,19H,5-7,12-18H2,(H2,25,28). The summed E-state index contributed by atoms with van der Waals surface area (Å²) in [6.07, 6.45) is 6.16. The van der Waals surface area contributed by atoms with Crippen LogP contribution in [0.15, 0.2) is 48.5 Å². The van der Waals surface area contributed by atoms with Crippen LogP contribution >= 0.6 is 0 Å². The molecule has 28 heavy (non-hydrogen) atoms. The Kier molecular flexibility index (Phi) is 5.96. The molecule has 1 amide bonds. The van der Waals surface area contributed by atoms with Crippen molar-refractivity contribution in [1.82, 2.24) is 4.90 Å². The van der Waals surface area contributed by atoms with Crippen LogP contribution in [-0.4, -0.2) is 37.0 Å². The van der Waals surface area contributed by atoms with Gasteiger partial charge in [-0.05, 0) is 74.4 Å². The Hall–Kier alpha value is -2.33. The van der Waals surface area contributed by atoms with Gasteiger partial charge >= 0.3 is 0 Å². The van der Waals surface area contributed by atoms with E-state index in [1.54, 1.807) is 0 Å². The van der Waals surface area contributed by atoms with Crippen molar-refractivity contribution in [1.29, 1.82) is 0 Å². The molecular weight excluding hydrogens is 346 g/mol. The quantitative estimate of drug-likeness (QED) is 0.831. The number of anilines is 2. The Morgan fingerprint density at radius 2 is 1.61 bits per heavy atom. The van der Waals surface area contributed by atoms with Crippen LogP contribution in [0.25, 0.3) is 0 Å². The van der Waals surface area contributed by atoms with Crippen LogP contribution in [0.3, 0.4) is 0 Å². The average Bonchev–Trinajstić information content (AvgIpc) is 2.85. The lowest BCUT2D eigenvalue weighted by atomic mass is 9.94. The molecule has 0 saturated carbocycles. The lowest BCUT2D eigenvalue weighted by molar-refractivity contribution is -0.119. The fourth-order valence-electron chi connectivity index (χ4n) is 4.87. The van der Waals surface area contributed by atoms with E-state index in [9.17, 15) is 4.79 Å². The van der Waals surface area contributed by atoms with E-state index in [2.05, 4.69) is 58.3 Å². The number of hydrogen-bond donors (Lipinski definition) is 1. The van der Waals surface area contributed by atoms with Gasteiger partial charge in [0.1, 0.15) is 0 Å². The zero-order valence-electron chi connectivity index (χ0n) is 16.6. The van der Waals surface area contributed by atoms with Gasteiger partial charge in [-0.1, -0.05) is 36.4 Å². The molecule has 0 aliphatic carbocycles. The van der Waals surface area contributed by atoms with E-state index in [1.165, 1.54) is 28.9 Å². The molecule has 2 aromatic rings. The molecule has 2 heterocycles. The molecule has 2 aliphatic heterocycles. The zero-order chi connectivity index (χ0) is 19.3. The van der Waals surface area contributed by atoms with Crippen molar-refractivity contribution in [2.75, 3.05) is 31.1 Å². The van der Waals surface area contributed by atoms with Crippen molar-refractivity contribution < 1.29 is 4.79 Å². The van der Waals surface area contributed by atoms with Crippen LogP contribution in [0, 0.1) is 5.92 Å². The zero-order valence-corrected chi connectivity index (χ0v) is 16.6. The number of carbonyl (C=O) groups is 1. The van der Waals surface area contributed by atoms with Crippen molar-refractivity contribution in [2.24, 2.45) is 11.7 Å². The van der Waals surface area contributed by atoms with Crippen molar-refractivity contribution in [2.45, 2.75) is 38.5 Å². The third-order valence-corrected chi connectivity index (χ3v) is 6.18. The molecule has 1 unspecified atom stereocenters. The van der Waals surface area contributed by atoms with Crippen molar-refractivity contribution in [3.8, 4) is 0 Å². The van der Waals surface area contributed by atoms with E-state index in [-0.39, 0.29) is 5.91 Å². The van der Waals surface area contributed by atoms with Gasteiger partial charge in [0, 0.05) is 30.9 Å². The maximum absolute atomic E-state index is 11.3. The second kappa shape index (κ2) is 8.78. The molecule has 0 aromatic heterocycles. The predicted molar refractivity (Wildman–Crippen MR) is 115 cm³/mol. The van der Waals surface area contributed by atoms with Gasteiger partial charge in [-0.2, -0.15) is 0 Å². The number of nitrogens with two attached hydrogens (primary N) is 1. The molecule has 1 fully saturated rings. The molecule has 4 nitrogen and oxygen atoms in total. The molecule has 1 saturated heterocycles. The van der Waals surface area contributed by atoms with Gasteiger partial charge in [0.05, 0.1) is 0 Å². The first-order chi connectivity index (χ1) is 13.7. The first kappa shape index (κ1) is 19.0. The molecule has 4 rings (SSSR count). The summed E-state index contributed by atoms with van der Waals surface area (Å²) < 4.78 is 0. The van der Waals surface area contributed by atoms with Crippen LogP contribution in [0.5, 0.6) is 0 Å². The lowest BCUT2D eigenvalue weighted by Crippen LogP contribution is -2.38. The first-order valence-corrected chi connectivity index (χ1v) is 10.6. The minimum absolute atomic E-state index is 0.162. The third-order valence-electron chi connectivity index (χ3n) is 6.18. The normalized spacial score (nSPS) is 19.6. The van der Waals surface area contributed by atoms with E-state index < -0.39 is 0 Å². The summed E-state index contributed by atoms with van der Waals surface area (Å²) in [5.74, 6) is 0.274. The number of rotatable bonds is 6. The Bertz CT molecular complexity index is 772. The number of hydrogen-bond acceptors (Lipinski definition) is 3. The third kappa shape index (κ3) is 4.39. The number of nitrogens with zero attached hydrogens (tertiary/aromatic N) is 2. The van der Waals surface area contributed by atoms with Crippen LogP contribution < -0.4 is 10.6 Å². The molecule has 2 aliphatic rings. The lowest BCUT2D eigenvalue weighted by Gasteiger charge is -2.33. The van der Waals surface area contributed by atoms with E-state index in [0.717, 1.165) is 51.9 Å². The number of carbonyl (C=O) groups excluding carboxylic acids is 1. The predicted octanol–water partition coefficient (Wildman–Crippen LogP) is 3.90. The van der Waals surface area contributed by atoms with Crippen molar-refractivity contribution in [3.63, 3.8) is 0 Å². The minimum Gasteiger partial charge on any atom is -0.370 e. The first-order valence-electron chi connectivity index (χ1n) is 10.6. The van der Waals surface area contributed by atoms with Crippen molar-refractivity contribution >= 4 is 17.3 Å². The Morgan fingerprint density at radius 3 is 2.25 bits per heavy atom. The molecule has 2 N–H and O–H groups in total. The number of para-hydroxylation sites is 2. The number of piperidine rings is 1. The fourth-order valence-corrected chi connectivity index (χ4v) is 4.87. The highest BCUT2D eigenvalue weighted by Gasteiger charge is 2.23. The van der Waals surface area contributed by atoms with Crippen LogP contribution in [-0.2, 0) is 17.6 Å². The van der Waals surface area contributed by atoms with Gasteiger partial charge < -0.3 is 15.5 Å². The Morgan fingerprint density at radius 1 is 0.964 bits per heavy atom. The van der Waals surface area contributed by atoms with Gasteiger partial charge in [-0.3, -0.25) is 4.79 Å². The number of benzene rings is 2. The summed E-state index contributed by atoms with van der Waals surface area (Å²) in [6.45, 7) is 4.25. The number of aryl methyl sites for hydroxylation is 2. The molecular formula is C24H31N3O. The summed E-state index contributed by atoms with van der Waals surface area (Å²) in [6, 6.07) is 17.7. The molecule has 4 heteroatoms. The summed E-state index contributed by atoms with van der Waals surface area (Å²) in [5.41, 5.74) is 11.0. The number of likely N-dealkylation sites (tertiary alicyclic amines) is 1. The summed E-state index contributed by atoms with van der Waals surface area (Å²) in [7, 11) is 0. The monoisotopic (exact) mass is 377 g/mol. The Labute approximate surface area is 168 Å². The van der Waals surface area contributed by atoms with Gasteiger partial charge in [0.25, 0.3) is 0 Å². The highest BCUT2D eigenvalue weighted by molar-refractivity contribution is 5.74.